The zero-order valence-electron chi connectivity index (χ0n) is 8.52. The van der Waals surface area contributed by atoms with E-state index in [0.717, 1.165) is 5.39 Å². The Labute approximate surface area is 86.5 Å². The predicted molar refractivity (Wildman–Crippen MR) is 54.7 cm³/mol. The van der Waals surface area contributed by atoms with E-state index in [1.807, 2.05) is 0 Å². The monoisotopic (exact) mass is 205 g/mol. The number of nitrogens with zero attached hydrogens (tertiary/aromatic N) is 1. The second-order valence-corrected chi connectivity index (χ2v) is 3.92. The third-order valence-electron chi connectivity index (χ3n) is 2.51. The van der Waals surface area contributed by atoms with Crippen molar-refractivity contribution in [3.63, 3.8) is 0 Å². The Hall–Kier alpha value is -1.84. The first-order valence-corrected chi connectivity index (χ1v) is 4.59. The van der Waals surface area contributed by atoms with E-state index in [4.69, 9.17) is 9.52 Å². The number of aliphatic carboxylic acids is 1. The molecule has 4 heteroatoms. The second kappa shape index (κ2) is 3.08. The first kappa shape index (κ1) is 9.71. The highest BCUT2D eigenvalue weighted by Gasteiger charge is 2.32. The van der Waals surface area contributed by atoms with Crippen LogP contribution in [0.2, 0.25) is 0 Å². The van der Waals surface area contributed by atoms with Crippen LogP contribution in [0.1, 0.15) is 19.5 Å². The number of hydrogen-bond acceptors (Lipinski definition) is 3. The number of aromatic nitrogens is 1. The summed E-state index contributed by atoms with van der Waals surface area (Å²) in [7, 11) is 0. The number of carboxylic acid groups (broad SMARTS) is 1. The van der Waals surface area contributed by atoms with Crippen LogP contribution < -0.4 is 0 Å². The number of pyridine rings is 1. The molecular formula is C11H11NO3. The maximum absolute atomic E-state index is 11.1. The van der Waals surface area contributed by atoms with E-state index in [0.29, 0.717) is 11.3 Å². The van der Waals surface area contributed by atoms with Gasteiger partial charge in [0.15, 0.2) is 0 Å². The number of furan rings is 1. The van der Waals surface area contributed by atoms with Crippen molar-refractivity contribution in [2.75, 3.05) is 0 Å². The molecule has 0 amide bonds. The van der Waals surface area contributed by atoms with Gasteiger partial charge in [-0.25, -0.2) is 0 Å². The Bertz CT molecular complexity index is 513. The smallest absolute Gasteiger partial charge is 0.315 e. The second-order valence-electron chi connectivity index (χ2n) is 3.92. The molecule has 4 nitrogen and oxygen atoms in total. The quantitative estimate of drug-likeness (QED) is 0.816. The molecule has 0 spiro atoms. The molecule has 2 aromatic heterocycles. The molecule has 0 aliphatic rings. The molecule has 0 saturated heterocycles. The van der Waals surface area contributed by atoms with E-state index in [9.17, 15) is 4.79 Å². The summed E-state index contributed by atoms with van der Waals surface area (Å²) < 4.78 is 5.20. The Morgan fingerprint density at radius 3 is 2.87 bits per heavy atom. The highest BCUT2D eigenvalue weighted by atomic mass is 16.4. The van der Waals surface area contributed by atoms with Crippen molar-refractivity contribution in [3.05, 3.63) is 30.3 Å². The zero-order chi connectivity index (χ0) is 11.1. The summed E-state index contributed by atoms with van der Waals surface area (Å²) in [5, 5.41) is 9.88. The van der Waals surface area contributed by atoms with Crippen molar-refractivity contribution < 1.29 is 14.3 Å². The normalized spacial score (nSPS) is 11.9. The lowest BCUT2D eigenvalue weighted by Gasteiger charge is -2.18. The van der Waals surface area contributed by atoms with Crippen LogP contribution in [0.5, 0.6) is 0 Å². The third kappa shape index (κ3) is 1.38. The van der Waals surface area contributed by atoms with E-state index in [2.05, 4.69) is 4.98 Å². The molecular weight excluding hydrogens is 194 g/mol. The van der Waals surface area contributed by atoms with Crippen LogP contribution >= 0.6 is 0 Å². The van der Waals surface area contributed by atoms with E-state index in [1.54, 1.807) is 32.2 Å². The molecule has 15 heavy (non-hydrogen) atoms. The summed E-state index contributed by atoms with van der Waals surface area (Å²) >= 11 is 0. The molecule has 0 aliphatic carbocycles. The molecule has 0 fully saturated rings. The minimum absolute atomic E-state index is 0.529. The number of hydrogen-bond donors (Lipinski definition) is 1. The lowest BCUT2D eigenvalue weighted by atomic mass is 9.87. The van der Waals surface area contributed by atoms with Crippen molar-refractivity contribution >= 4 is 16.9 Å². The van der Waals surface area contributed by atoms with Gasteiger partial charge in [0.25, 0.3) is 0 Å². The van der Waals surface area contributed by atoms with E-state index < -0.39 is 11.4 Å². The van der Waals surface area contributed by atoms with Crippen molar-refractivity contribution in [1.82, 2.24) is 4.98 Å². The van der Waals surface area contributed by atoms with Gasteiger partial charge in [-0.15, -0.1) is 0 Å². The molecule has 0 unspecified atom stereocenters. The minimum atomic E-state index is -1.01. The Kier molecular flexibility index (Phi) is 2.00. The van der Waals surface area contributed by atoms with Gasteiger partial charge in [0.2, 0.25) is 0 Å². The highest BCUT2D eigenvalue weighted by Crippen LogP contribution is 2.29. The average molecular weight is 205 g/mol. The summed E-state index contributed by atoms with van der Waals surface area (Å²) in [6.07, 6.45) is 3.10. The number of carbonyl (C=O) groups is 1. The molecule has 0 bridgehead atoms. The van der Waals surface area contributed by atoms with Gasteiger partial charge in [0, 0.05) is 11.6 Å². The molecule has 0 aliphatic heterocycles. The lowest BCUT2D eigenvalue weighted by Crippen LogP contribution is -2.29. The van der Waals surface area contributed by atoms with Gasteiger partial charge in [-0.2, -0.15) is 0 Å². The van der Waals surface area contributed by atoms with E-state index in [1.165, 1.54) is 6.26 Å². The zero-order valence-corrected chi connectivity index (χ0v) is 8.52. The highest BCUT2D eigenvalue weighted by molar-refractivity contribution is 5.88. The van der Waals surface area contributed by atoms with Crippen LogP contribution in [0.3, 0.4) is 0 Å². The first-order chi connectivity index (χ1) is 7.03. The Balaban J connectivity index is 2.71. The van der Waals surface area contributed by atoms with Gasteiger partial charge in [-0.3, -0.25) is 9.78 Å². The molecule has 2 aromatic rings. The van der Waals surface area contributed by atoms with Gasteiger partial charge in [0.05, 0.1) is 12.0 Å². The average Bonchev–Trinajstić information content (AvgIpc) is 2.64. The van der Waals surface area contributed by atoms with Gasteiger partial charge in [-0.05, 0) is 26.0 Å². The number of rotatable bonds is 2. The van der Waals surface area contributed by atoms with Crippen molar-refractivity contribution in [1.29, 1.82) is 0 Å². The summed E-state index contributed by atoms with van der Waals surface area (Å²) in [6, 6.07) is 3.46. The van der Waals surface area contributed by atoms with Crippen molar-refractivity contribution in [2.45, 2.75) is 19.3 Å². The molecule has 0 saturated carbocycles. The van der Waals surface area contributed by atoms with Gasteiger partial charge in [0.1, 0.15) is 11.0 Å². The molecule has 0 atom stereocenters. The molecule has 78 valence electrons. The van der Waals surface area contributed by atoms with Crippen LogP contribution in [0, 0.1) is 0 Å². The number of carboxylic acids is 1. The van der Waals surface area contributed by atoms with Crippen LogP contribution in [0.4, 0.5) is 0 Å². The van der Waals surface area contributed by atoms with Gasteiger partial charge in [-0.1, -0.05) is 0 Å². The van der Waals surface area contributed by atoms with Crippen LogP contribution in [-0.4, -0.2) is 16.1 Å². The van der Waals surface area contributed by atoms with Gasteiger partial charge < -0.3 is 9.52 Å². The van der Waals surface area contributed by atoms with Crippen LogP contribution in [-0.2, 0) is 10.2 Å². The Morgan fingerprint density at radius 1 is 1.47 bits per heavy atom. The number of fused-ring (bicyclic) bond motifs is 1. The standard InChI is InChI=1S/C11H11NO3/c1-11(2,10(13)14)9-7-4-6-15-8(7)3-5-12-9/h3-6H,1-2H3,(H,13,14). The van der Waals surface area contributed by atoms with Crippen molar-refractivity contribution in [2.24, 2.45) is 0 Å². The molecule has 2 heterocycles. The Morgan fingerprint density at radius 2 is 2.20 bits per heavy atom. The summed E-state index contributed by atoms with van der Waals surface area (Å²) in [4.78, 5) is 15.2. The van der Waals surface area contributed by atoms with Crippen LogP contribution in [0.25, 0.3) is 11.0 Å². The topological polar surface area (TPSA) is 63.3 Å². The fraction of sp³-hybridized carbons (Fsp3) is 0.273. The molecule has 0 radical (unpaired) electrons. The largest absolute Gasteiger partial charge is 0.481 e. The fourth-order valence-corrected chi connectivity index (χ4v) is 1.49. The van der Waals surface area contributed by atoms with E-state index in [-0.39, 0.29) is 0 Å². The first-order valence-electron chi connectivity index (χ1n) is 4.59. The minimum Gasteiger partial charge on any atom is -0.481 e. The predicted octanol–water partition coefficient (Wildman–Crippen LogP) is 2.19. The van der Waals surface area contributed by atoms with Crippen molar-refractivity contribution in [3.8, 4) is 0 Å². The molecule has 0 aromatic carbocycles. The van der Waals surface area contributed by atoms with Gasteiger partial charge >= 0.3 is 5.97 Å². The SMILES string of the molecule is CC(C)(C(=O)O)c1nccc2occc12. The summed E-state index contributed by atoms with van der Waals surface area (Å²) in [6.45, 7) is 3.26. The molecule has 1 N–H and O–H groups in total. The fourth-order valence-electron chi connectivity index (χ4n) is 1.49. The summed E-state index contributed by atoms with van der Waals surface area (Å²) in [5.74, 6) is -0.899. The molecule has 2 rings (SSSR count). The van der Waals surface area contributed by atoms with Crippen LogP contribution in [0.15, 0.2) is 29.0 Å². The summed E-state index contributed by atoms with van der Waals surface area (Å²) in [5.41, 5.74) is 0.180. The third-order valence-corrected chi connectivity index (χ3v) is 2.51. The maximum Gasteiger partial charge on any atom is 0.315 e. The maximum atomic E-state index is 11.1. The van der Waals surface area contributed by atoms with E-state index >= 15 is 0 Å². The lowest BCUT2D eigenvalue weighted by molar-refractivity contribution is -0.142.